The summed E-state index contributed by atoms with van der Waals surface area (Å²) in [7, 11) is 0.702. The van der Waals surface area contributed by atoms with Crippen molar-refractivity contribution in [2.75, 3.05) is 7.05 Å². The normalized spacial score (nSPS) is 15.2. The van der Waals surface area contributed by atoms with Crippen molar-refractivity contribution < 1.29 is 0 Å². The molecule has 0 aliphatic carbocycles. The Bertz CT molecular complexity index is 93.1. The molecule has 0 radical (unpaired) electrons. The van der Waals surface area contributed by atoms with Crippen LogP contribution in [0.3, 0.4) is 0 Å². The van der Waals surface area contributed by atoms with Gasteiger partial charge in [0.25, 0.3) is 0 Å². The van der Waals surface area contributed by atoms with Crippen molar-refractivity contribution >= 4 is 19.3 Å². The van der Waals surface area contributed by atoms with Gasteiger partial charge in [0.15, 0.2) is 0 Å². The molecule has 1 atom stereocenters. The number of rotatable bonds is 3. The van der Waals surface area contributed by atoms with E-state index >= 15 is 0 Å². The summed E-state index contributed by atoms with van der Waals surface area (Å²) in [5.41, 5.74) is 2.09. The minimum atomic E-state index is -1.20. The molecular formula is C6H14ClNSi. The van der Waals surface area contributed by atoms with Crippen molar-refractivity contribution in [1.82, 2.24) is 4.98 Å². The predicted octanol–water partition coefficient (Wildman–Crippen LogP) is 1.42. The Labute approximate surface area is 63.5 Å². The van der Waals surface area contributed by atoms with Gasteiger partial charge in [0, 0.05) is 0 Å². The Hall–Kier alpha value is 0.207. The van der Waals surface area contributed by atoms with Crippen LogP contribution in [0.15, 0.2) is 11.8 Å². The molecule has 0 saturated carbocycles. The predicted molar refractivity (Wildman–Crippen MR) is 46.0 cm³/mol. The molecule has 54 valence electrons. The molecule has 0 aliphatic rings. The van der Waals surface area contributed by atoms with E-state index in [0.717, 1.165) is 0 Å². The van der Waals surface area contributed by atoms with E-state index < -0.39 is 8.27 Å². The lowest BCUT2D eigenvalue weighted by atomic mass is 10.2. The number of hydrogen-bond donors (Lipinski definition) is 1. The highest BCUT2D eigenvalue weighted by Gasteiger charge is 1.95. The van der Waals surface area contributed by atoms with E-state index in [2.05, 4.69) is 30.6 Å². The van der Waals surface area contributed by atoms with E-state index in [4.69, 9.17) is 11.1 Å². The van der Waals surface area contributed by atoms with Gasteiger partial charge >= 0.3 is 0 Å². The van der Waals surface area contributed by atoms with Crippen LogP contribution in [0, 0.1) is 5.92 Å². The highest BCUT2D eigenvalue weighted by atomic mass is 35.6. The first kappa shape index (κ1) is 9.21. The first-order chi connectivity index (χ1) is 4.16. The summed E-state index contributed by atoms with van der Waals surface area (Å²) in [6.45, 7) is 4.29. The van der Waals surface area contributed by atoms with Gasteiger partial charge in [-0.1, -0.05) is 25.6 Å². The molecule has 0 aromatic rings. The Balaban J connectivity index is 3.43. The van der Waals surface area contributed by atoms with Gasteiger partial charge in [-0.15, -0.1) is 11.1 Å². The van der Waals surface area contributed by atoms with E-state index in [1.807, 2.05) is 7.05 Å². The molecule has 0 aliphatic heterocycles. The standard InChI is InChI=1S/C6H14ClNSi/c1-6(2)4-5-9(7)8-3/h4-6,8-9H,1-3H3. The number of hydrogen-bond acceptors (Lipinski definition) is 1. The van der Waals surface area contributed by atoms with Crippen molar-refractivity contribution in [2.45, 2.75) is 13.8 Å². The third-order valence-corrected chi connectivity index (χ3v) is 3.14. The molecule has 0 saturated heterocycles. The zero-order chi connectivity index (χ0) is 7.28. The molecule has 0 aromatic carbocycles. The fourth-order valence-electron chi connectivity index (χ4n) is 0.416. The average molecular weight is 164 g/mol. The van der Waals surface area contributed by atoms with Crippen LogP contribution in [0.1, 0.15) is 13.8 Å². The van der Waals surface area contributed by atoms with E-state index in [9.17, 15) is 0 Å². The van der Waals surface area contributed by atoms with Crippen LogP contribution in [0.5, 0.6) is 0 Å². The lowest BCUT2D eigenvalue weighted by molar-refractivity contribution is 0.833. The monoisotopic (exact) mass is 163 g/mol. The van der Waals surface area contributed by atoms with Gasteiger partial charge < -0.3 is 4.98 Å². The van der Waals surface area contributed by atoms with Gasteiger partial charge in [0.05, 0.1) is 0 Å². The molecule has 1 unspecified atom stereocenters. The van der Waals surface area contributed by atoms with Crippen molar-refractivity contribution in [2.24, 2.45) is 5.92 Å². The van der Waals surface area contributed by atoms with Crippen molar-refractivity contribution in [1.29, 1.82) is 0 Å². The van der Waals surface area contributed by atoms with Crippen molar-refractivity contribution in [3.05, 3.63) is 11.8 Å². The average Bonchev–Trinajstić information content (AvgIpc) is 1.83. The van der Waals surface area contributed by atoms with Crippen LogP contribution in [-0.2, 0) is 0 Å². The SMILES string of the molecule is CN[SiH](Cl)C=CC(C)C. The molecule has 0 amide bonds. The fourth-order valence-corrected chi connectivity index (χ4v) is 1.50. The highest BCUT2D eigenvalue weighted by Crippen LogP contribution is 1.95. The smallest absolute Gasteiger partial charge is 0.234 e. The summed E-state index contributed by atoms with van der Waals surface area (Å²) in [5.74, 6) is 0.618. The zero-order valence-corrected chi connectivity index (χ0v) is 8.10. The van der Waals surface area contributed by atoms with Gasteiger partial charge in [-0.2, -0.15) is 0 Å². The maximum absolute atomic E-state index is 5.85. The molecule has 0 bridgehead atoms. The van der Waals surface area contributed by atoms with Gasteiger partial charge in [-0.25, -0.2) is 0 Å². The van der Waals surface area contributed by atoms with Gasteiger partial charge in [0.2, 0.25) is 8.27 Å². The minimum absolute atomic E-state index is 0.618. The summed E-state index contributed by atoms with van der Waals surface area (Å²) in [5, 5.41) is 0. The first-order valence-corrected chi connectivity index (χ1v) is 6.15. The molecule has 0 rings (SSSR count). The second-order valence-electron chi connectivity index (χ2n) is 2.32. The summed E-state index contributed by atoms with van der Waals surface area (Å²) < 4.78 is 0. The summed E-state index contributed by atoms with van der Waals surface area (Å²) in [6.07, 6.45) is 2.14. The molecule has 1 N–H and O–H groups in total. The van der Waals surface area contributed by atoms with Crippen LogP contribution < -0.4 is 4.98 Å². The Morgan fingerprint density at radius 2 is 2.11 bits per heavy atom. The number of allylic oxidation sites excluding steroid dienone is 1. The molecular weight excluding hydrogens is 150 g/mol. The first-order valence-electron chi connectivity index (χ1n) is 3.16. The summed E-state index contributed by atoms with van der Waals surface area (Å²) in [6, 6.07) is 0. The largest absolute Gasteiger partial charge is 0.328 e. The molecule has 3 heteroatoms. The lowest BCUT2D eigenvalue weighted by Crippen LogP contribution is -2.21. The molecule has 9 heavy (non-hydrogen) atoms. The zero-order valence-electron chi connectivity index (χ0n) is 6.19. The van der Waals surface area contributed by atoms with Crippen LogP contribution in [0.4, 0.5) is 0 Å². The summed E-state index contributed by atoms with van der Waals surface area (Å²) >= 11 is 5.85. The van der Waals surface area contributed by atoms with E-state index in [0.29, 0.717) is 5.92 Å². The Morgan fingerprint density at radius 3 is 2.44 bits per heavy atom. The minimum Gasteiger partial charge on any atom is -0.328 e. The third-order valence-electron chi connectivity index (χ3n) is 0.941. The second kappa shape index (κ2) is 5.03. The molecule has 0 spiro atoms. The molecule has 0 fully saturated rings. The van der Waals surface area contributed by atoms with Gasteiger partial charge in [-0.05, 0) is 13.0 Å². The quantitative estimate of drug-likeness (QED) is 0.490. The lowest BCUT2D eigenvalue weighted by Gasteiger charge is -1.98. The maximum atomic E-state index is 5.85. The number of halogens is 1. The van der Waals surface area contributed by atoms with Crippen LogP contribution in [0.2, 0.25) is 0 Å². The Morgan fingerprint density at radius 1 is 1.56 bits per heavy atom. The molecule has 1 nitrogen and oxygen atoms in total. The third kappa shape index (κ3) is 6.09. The Kier molecular flexibility index (Phi) is 5.14. The maximum Gasteiger partial charge on any atom is 0.234 e. The molecule has 0 aromatic heterocycles. The highest BCUT2D eigenvalue weighted by molar-refractivity contribution is 7.08. The van der Waals surface area contributed by atoms with Crippen molar-refractivity contribution in [3.8, 4) is 0 Å². The van der Waals surface area contributed by atoms with E-state index in [1.165, 1.54) is 0 Å². The molecule has 0 heterocycles. The van der Waals surface area contributed by atoms with Gasteiger partial charge in [0.1, 0.15) is 0 Å². The topological polar surface area (TPSA) is 12.0 Å². The second-order valence-corrected chi connectivity index (χ2v) is 5.50. The van der Waals surface area contributed by atoms with Crippen LogP contribution in [-0.4, -0.2) is 15.3 Å². The van der Waals surface area contributed by atoms with Gasteiger partial charge in [-0.3, -0.25) is 0 Å². The fraction of sp³-hybridized carbons (Fsp3) is 0.667. The summed E-state index contributed by atoms with van der Waals surface area (Å²) in [4.78, 5) is 3.04. The van der Waals surface area contributed by atoms with Crippen molar-refractivity contribution in [3.63, 3.8) is 0 Å². The van der Waals surface area contributed by atoms with E-state index in [1.54, 1.807) is 0 Å². The van der Waals surface area contributed by atoms with E-state index in [-0.39, 0.29) is 0 Å². The van der Waals surface area contributed by atoms with Crippen LogP contribution >= 0.6 is 11.1 Å². The number of nitrogens with one attached hydrogen (secondary N) is 1. The van der Waals surface area contributed by atoms with Crippen LogP contribution in [0.25, 0.3) is 0 Å².